The van der Waals surface area contributed by atoms with Gasteiger partial charge >= 0.3 is 0 Å². The summed E-state index contributed by atoms with van der Waals surface area (Å²) in [5.74, 6) is 1.26. The fourth-order valence-corrected chi connectivity index (χ4v) is 4.00. The molecule has 0 atom stereocenters. The number of rotatable bonds is 6. The molecule has 9 heteroatoms. The number of anilines is 1. The minimum Gasteiger partial charge on any atom is -0.364 e. The summed E-state index contributed by atoms with van der Waals surface area (Å²) in [6.45, 7) is 2.58. The molecule has 0 aliphatic rings. The molecule has 0 saturated carbocycles. The molecule has 5 aromatic rings. The molecule has 34 heavy (non-hydrogen) atoms. The van der Waals surface area contributed by atoms with E-state index in [9.17, 15) is 4.79 Å². The summed E-state index contributed by atoms with van der Waals surface area (Å²) in [4.78, 5) is 17.0. The largest absolute Gasteiger partial charge is 0.364 e. The Bertz CT molecular complexity index is 1490. The van der Waals surface area contributed by atoms with Gasteiger partial charge in [0.25, 0.3) is 5.91 Å². The predicted octanol–water partition coefficient (Wildman–Crippen LogP) is 4.62. The second kappa shape index (κ2) is 9.11. The molecular formula is C25H22BrN7O. The maximum Gasteiger partial charge on any atom is 0.254 e. The van der Waals surface area contributed by atoms with Gasteiger partial charge in [-0.25, -0.2) is 14.2 Å². The molecule has 4 heterocycles. The number of carbonyl (C=O) groups is 1. The summed E-state index contributed by atoms with van der Waals surface area (Å²) in [5.41, 5.74) is 5.01. The van der Waals surface area contributed by atoms with E-state index in [1.54, 1.807) is 17.8 Å². The van der Waals surface area contributed by atoms with Crippen molar-refractivity contribution in [2.45, 2.75) is 13.5 Å². The minimum absolute atomic E-state index is 0.183. The van der Waals surface area contributed by atoms with E-state index in [0.29, 0.717) is 23.4 Å². The van der Waals surface area contributed by atoms with Crippen LogP contribution >= 0.6 is 15.9 Å². The average molecular weight is 516 g/mol. The van der Waals surface area contributed by atoms with Gasteiger partial charge in [-0.15, -0.1) is 5.10 Å². The number of aryl methyl sites for hydroxylation is 1. The average Bonchev–Trinajstić information content (AvgIpc) is 3.47. The lowest BCUT2D eigenvalue weighted by Crippen LogP contribution is -2.17. The molecule has 8 nitrogen and oxygen atoms in total. The number of amides is 1. The lowest BCUT2D eigenvalue weighted by atomic mass is 10.1. The van der Waals surface area contributed by atoms with Crippen LogP contribution in [0.1, 0.15) is 21.6 Å². The van der Waals surface area contributed by atoms with E-state index in [2.05, 4.69) is 48.8 Å². The van der Waals surface area contributed by atoms with Crippen LogP contribution in [0.5, 0.6) is 0 Å². The normalized spacial score (nSPS) is 11.0. The van der Waals surface area contributed by atoms with Gasteiger partial charge in [-0.05, 0) is 48.9 Å². The molecule has 4 aromatic heterocycles. The molecule has 0 fully saturated rings. The van der Waals surface area contributed by atoms with Gasteiger partial charge in [0.15, 0.2) is 5.82 Å². The molecule has 5 rings (SSSR count). The number of hydrogen-bond donors (Lipinski definition) is 2. The summed E-state index contributed by atoms with van der Waals surface area (Å²) in [6.07, 6.45) is 3.41. The van der Waals surface area contributed by atoms with E-state index in [0.717, 1.165) is 32.8 Å². The van der Waals surface area contributed by atoms with Crippen LogP contribution in [0.3, 0.4) is 0 Å². The van der Waals surface area contributed by atoms with Gasteiger partial charge in [0.1, 0.15) is 5.82 Å². The first-order chi connectivity index (χ1) is 16.5. The Morgan fingerprint density at radius 1 is 1.09 bits per heavy atom. The Hall–Kier alpha value is -3.98. The number of nitrogens with one attached hydrogen (secondary N) is 2. The SMILES string of the molecule is CNC(=O)c1cnn2ccc(-c3cc(NCc4ccc(Br)cc4)nn3-c3cccc(C)n3)cc12. The van der Waals surface area contributed by atoms with E-state index in [1.165, 1.54) is 0 Å². The van der Waals surface area contributed by atoms with Crippen LogP contribution < -0.4 is 10.6 Å². The summed E-state index contributed by atoms with van der Waals surface area (Å²) in [7, 11) is 1.61. The van der Waals surface area contributed by atoms with Crippen LogP contribution in [0.15, 0.2) is 77.5 Å². The third kappa shape index (κ3) is 4.29. The zero-order valence-corrected chi connectivity index (χ0v) is 20.2. The van der Waals surface area contributed by atoms with Crippen molar-refractivity contribution in [3.8, 4) is 17.1 Å². The smallest absolute Gasteiger partial charge is 0.254 e. The number of aromatic nitrogens is 5. The van der Waals surface area contributed by atoms with E-state index >= 15 is 0 Å². The number of pyridine rings is 2. The fraction of sp³-hybridized carbons (Fsp3) is 0.120. The lowest BCUT2D eigenvalue weighted by Gasteiger charge is -2.08. The quantitative estimate of drug-likeness (QED) is 0.344. The van der Waals surface area contributed by atoms with Crippen molar-refractivity contribution in [3.63, 3.8) is 0 Å². The second-order valence-electron chi connectivity index (χ2n) is 7.83. The number of halogens is 1. The van der Waals surface area contributed by atoms with Gasteiger partial charge in [0.05, 0.1) is 23.0 Å². The van der Waals surface area contributed by atoms with Gasteiger partial charge in [-0.3, -0.25) is 4.79 Å². The summed E-state index contributed by atoms with van der Waals surface area (Å²) < 4.78 is 4.55. The van der Waals surface area contributed by atoms with Crippen LogP contribution in [0.25, 0.3) is 22.6 Å². The van der Waals surface area contributed by atoms with Crippen molar-refractivity contribution in [1.82, 2.24) is 29.7 Å². The highest BCUT2D eigenvalue weighted by atomic mass is 79.9. The maximum atomic E-state index is 12.3. The molecule has 170 valence electrons. The Balaban J connectivity index is 1.57. The monoisotopic (exact) mass is 515 g/mol. The van der Waals surface area contributed by atoms with Gasteiger partial charge < -0.3 is 10.6 Å². The minimum atomic E-state index is -0.183. The number of hydrogen-bond acceptors (Lipinski definition) is 5. The molecule has 0 bridgehead atoms. The molecule has 1 amide bonds. The first-order valence-corrected chi connectivity index (χ1v) is 11.5. The topological polar surface area (TPSA) is 89.1 Å². The number of fused-ring (bicyclic) bond motifs is 1. The van der Waals surface area contributed by atoms with Crippen molar-refractivity contribution in [2.75, 3.05) is 12.4 Å². The summed E-state index contributed by atoms with van der Waals surface area (Å²) in [5, 5.41) is 15.2. The highest BCUT2D eigenvalue weighted by molar-refractivity contribution is 9.10. The van der Waals surface area contributed by atoms with Crippen molar-refractivity contribution in [1.29, 1.82) is 0 Å². The molecular weight excluding hydrogens is 494 g/mol. The highest BCUT2D eigenvalue weighted by Gasteiger charge is 2.16. The molecule has 0 unspecified atom stereocenters. The molecule has 0 radical (unpaired) electrons. The molecule has 2 N–H and O–H groups in total. The first-order valence-electron chi connectivity index (χ1n) is 10.7. The van der Waals surface area contributed by atoms with Crippen molar-refractivity contribution in [3.05, 3.63) is 94.4 Å². The molecule has 1 aromatic carbocycles. The van der Waals surface area contributed by atoms with Gasteiger partial charge in [0.2, 0.25) is 0 Å². The van der Waals surface area contributed by atoms with Crippen molar-refractivity contribution in [2.24, 2.45) is 0 Å². The van der Waals surface area contributed by atoms with Gasteiger partial charge in [-0.1, -0.05) is 34.1 Å². The second-order valence-corrected chi connectivity index (χ2v) is 8.74. The Labute approximate surface area is 204 Å². The molecule has 0 aliphatic carbocycles. The van der Waals surface area contributed by atoms with Crippen LogP contribution in [0.2, 0.25) is 0 Å². The Morgan fingerprint density at radius 2 is 1.91 bits per heavy atom. The zero-order valence-electron chi connectivity index (χ0n) is 18.7. The lowest BCUT2D eigenvalue weighted by molar-refractivity contribution is 0.0964. The Kier molecular flexibility index (Phi) is 5.85. The van der Waals surface area contributed by atoms with E-state index in [4.69, 9.17) is 5.10 Å². The van der Waals surface area contributed by atoms with E-state index < -0.39 is 0 Å². The molecule has 0 saturated heterocycles. The molecule has 0 spiro atoms. The van der Waals surface area contributed by atoms with Gasteiger partial charge in [-0.2, -0.15) is 5.10 Å². The van der Waals surface area contributed by atoms with E-state index in [-0.39, 0.29) is 5.91 Å². The highest BCUT2D eigenvalue weighted by Crippen LogP contribution is 2.28. The number of nitrogens with zero attached hydrogens (tertiary/aromatic N) is 5. The van der Waals surface area contributed by atoms with Crippen LogP contribution in [-0.4, -0.2) is 37.3 Å². The predicted molar refractivity (Wildman–Crippen MR) is 135 cm³/mol. The Morgan fingerprint density at radius 3 is 2.68 bits per heavy atom. The molecule has 0 aliphatic heterocycles. The summed E-state index contributed by atoms with van der Waals surface area (Å²) >= 11 is 3.47. The van der Waals surface area contributed by atoms with Crippen molar-refractivity contribution < 1.29 is 4.79 Å². The van der Waals surface area contributed by atoms with Crippen LogP contribution in [0, 0.1) is 6.92 Å². The summed E-state index contributed by atoms with van der Waals surface area (Å²) in [6, 6.07) is 19.9. The number of benzene rings is 1. The van der Waals surface area contributed by atoms with Crippen LogP contribution in [0.4, 0.5) is 5.82 Å². The third-order valence-electron chi connectivity index (χ3n) is 5.48. The first kappa shape index (κ1) is 21.8. The standard InChI is InChI=1S/C25H22BrN7O/c1-16-4-3-5-24(30-16)33-21(13-23(31-33)28-14-17-6-8-19(26)9-7-17)18-10-11-32-22(12-18)20(15-29-32)25(34)27-2/h3-13,15H,14H2,1-2H3,(H,27,34)(H,28,31). The third-order valence-corrected chi connectivity index (χ3v) is 6.00. The van der Waals surface area contributed by atoms with Crippen LogP contribution in [-0.2, 0) is 6.54 Å². The van der Waals surface area contributed by atoms with E-state index in [1.807, 2.05) is 66.3 Å². The van der Waals surface area contributed by atoms with Crippen molar-refractivity contribution >= 4 is 33.2 Å². The number of carbonyl (C=O) groups excluding carboxylic acids is 1. The zero-order chi connectivity index (χ0) is 23.7. The fourth-order valence-electron chi connectivity index (χ4n) is 3.74. The van der Waals surface area contributed by atoms with Gasteiger partial charge in [0, 0.05) is 41.6 Å². The maximum absolute atomic E-state index is 12.3.